The lowest BCUT2D eigenvalue weighted by Gasteiger charge is -2.27. The Morgan fingerprint density at radius 1 is 0.476 bits per heavy atom. The molecule has 0 aliphatic heterocycles. The number of nitrogens with zero attached hydrogens (tertiary/aromatic N) is 1. The largest absolute Gasteiger partial charge is 0.456 e. The first-order valence-corrected chi connectivity index (χ1v) is 23.8. The average molecular weight is 852 g/mol. The van der Waals surface area contributed by atoms with Crippen molar-refractivity contribution in [3.63, 3.8) is 0 Å². The van der Waals surface area contributed by atoms with E-state index in [9.17, 15) is 0 Å². The molecule has 0 bridgehead atoms. The maximum Gasteiger partial charge on any atom is 0.137 e. The van der Waals surface area contributed by atoms with Crippen LogP contribution in [0.15, 0.2) is 162 Å². The summed E-state index contributed by atoms with van der Waals surface area (Å²) in [7, 11) is 0. The first-order chi connectivity index (χ1) is 30.3. The van der Waals surface area contributed by atoms with Gasteiger partial charge in [-0.25, -0.2) is 0 Å². The molecule has 0 unspecified atom stereocenters. The predicted octanol–water partition coefficient (Wildman–Crippen LogP) is 18.4. The summed E-state index contributed by atoms with van der Waals surface area (Å²) < 4.78 is 11.8. The minimum absolute atomic E-state index is 0.0799. The summed E-state index contributed by atoms with van der Waals surface area (Å²) in [5.74, 6) is 0. The molecule has 11 aromatic rings. The van der Waals surface area contributed by atoms with Crippen LogP contribution < -0.4 is 4.90 Å². The molecule has 3 aromatic heterocycles. The third-order valence-corrected chi connectivity index (χ3v) is 16.0. The second-order valence-electron chi connectivity index (χ2n) is 20.1. The number of benzene rings is 8. The minimum atomic E-state index is 0.0799. The van der Waals surface area contributed by atoms with Crippen LogP contribution in [-0.4, -0.2) is 0 Å². The van der Waals surface area contributed by atoms with Crippen LogP contribution in [0.4, 0.5) is 17.1 Å². The number of anilines is 3. The van der Waals surface area contributed by atoms with Crippen molar-refractivity contribution in [1.82, 2.24) is 0 Å². The van der Waals surface area contributed by atoms with E-state index in [0.717, 1.165) is 39.0 Å². The molecule has 4 heteroatoms. The molecule has 12 rings (SSSR count). The molecule has 0 atom stereocenters. The summed E-state index contributed by atoms with van der Waals surface area (Å²) in [6.07, 6.45) is 1.17. The molecule has 0 N–H and O–H groups in total. The van der Waals surface area contributed by atoms with Gasteiger partial charge in [0.15, 0.2) is 0 Å². The Balaban J connectivity index is 1.01. The standard InChI is InChI=1S/C59H49NOS2/c1-57(2,3)38-24-27-51-44(30-38)42-26-25-40(31-53(42)62-51)60(48-20-13-22-50-56(48)43-18-8-9-21-49(43)61-50)39-17-11-15-36(29-39)35-14-10-16-37(28-35)41-19-12-23-52-55(41)45-32-46-47(33-54(45)63-52)59(6,7)34-58(46,4)5/h8-33H,34H2,1-7H3. The second-order valence-corrected chi connectivity index (χ2v) is 22.2. The minimum Gasteiger partial charge on any atom is -0.456 e. The third kappa shape index (κ3) is 6.09. The fraction of sp³-hybridized carbons (Fsp3) is 0.186. The zero-order valence-corrected chi connectivity index (χ0v) is 38.5. The van der Waals surface area contributed by atoms with Crippen molar-refractivity contribution in [2.45, 2.75) is 71.1 Å². The lowest BCUT2D eigenvalue weighted by molar-refractivity contribution is 0.403. The van der Waals surface area contributed by atoms with Gasteiger partial charge in [-0.1, -0.05) is 127 Å². The number of rotatable bonds is 5. The van der Waals surface area contributed by atoms with E-state index in [1.807, 2.05) is 22.7 Å². The molecule has 0 amide bonds. The van der Waals surface area contributed by atoms with Gasteiger partial charge in [0.05, 0.1) is 11.1 Å². The Morgan fingerprint density at radius 3 is 2.00 bits per heavy atom. The van der Waals surface area contributed by atoms with Gasteiger partial charge >= 0.3 is 0 Å². The van der Waals surface area contributed by atoms with Crippen molar-refractivity contribution in [3.05, 3.63) is 174 Å². The number of hydrogen-bond donors (Lipinski definition) is 0. The Kier molecular flexibility index (Phi) is 8.34. The summed E-state index contributed by atoms with van der Waals surface area (Å²) in [6, 6.07) is 59.0. The topological polar surface area (TPSA) is 16.4 Å². The fourth-order valence-electron chi connectivity index (χ4n) is 11.0. The van der Waals surface area contributed by atoms with E-state index in [-0.39, 0.29) is 16.2 Å². The fourth-order valence-corrected chi connectivity index (χ4v) is 13.2. The Labute approximate surface area is 377 Å². The van der Waals surface area contributed by atoms with Gasteiger partial charge < -0.3 is 9.32 Å². The zero-order valence-electron chi connectivity index (χ0n) is 36.9. The molecule has 0 saturated carbocycles. The molecule has 308 valence electrons. The van der Waals surface area contributed by atoms with Gasteiger partial charge in [-0.2, -0.15) is 0 Å². The average Bonchev–Trinajstić information content (AvgIpc) is 4.00. The quantitative estimate of drug-likeness (QED) is 0.172. The van der Waals surface area contributed by atoms with Crippen molar-refractivity contribution in [3.8, 4) is 22.3 Å². The van der Waals surface area contributed by atoms with Crippen LogP contribution in [0, 0.1) is 0 Å². The van der Waals surface area contributed by atoms with Crippen LogP contribution in [0.2, 0.25) is 0 Å². The molecular formula is C59H49NOS2. The lowest BCUT2D eigenvalue weighted by atomic mass is 9.82. The second kappa shape index (κ2) is 13.6. The first kappa shape index (κ1) is 38.5. The third-order valence-electron chi connectivity index (χ3n) is 13.8. The molecule has 0 fully saturated rings. The highest BCUT2D eigenvalue weighted by Crippen LogP contribution is 2.53. The number of hydrogen-bond acceptors (Lipinski definition) is 4. The molecule has 3 heterocycles. The summed E-state index contributed by atoms with van der Waals surface area (Å²) >= 11 is 3.81. The smallest absolute Gasteiger partial charge is 0.137 e. The van der Waals surface area contributed by atoms with Crippen LogP contribution in [0.25, 0.3) is 84.5 Å². The lowest BCUT2D eigenvalue weighted by Crippen LogP contribution is -2.17. The molecule has 2 nitrogen and oxygen atoms in total. The van der Waals surface area contributed by atoms with E-state index in [1.165, 1.54) is 85.7 Å². The molecule has 0 spiro atoms. The van der Waals surface area contributed by atoms with Gasteiger partial charge in [0, 0.05) is 57.1 Å². The molecular weight excluding hydrogens is 803 g/mol. The van der Waals surface area contributed by atoms with Crippen molar-refractivity contribution in [2.75, 3.05) is 4.90 Å². The van der Waals surface area contributed by atoms with E-state index in [1.54, 1.807) is 0 Å². The molecule has 0 radical (unpaired) electrons. The summed E-state index contributed by atoms with van der Waals surface area (Å²) in [6.45, 7) is 16.5. The highest BCUT2D eigenvalue weighted by molar-refractivity contribution is 7.26. The van der Waals surface area contributed by atoms with E-state index >= 15 is 0 Å². The first-order valence-electron chi connectivity index (χ1n) is 22.2. The predicted molar refractivity (Wildman–Crippen MR) is 274 cm³/mol. The van der Waals surface area contributed by atoms with Gasteiger partial charge in [-0.15, -0.1) is 22.7 Å². The van der Waals surface area contributed by atoms with E-state index in [2.05, 4.69) is 211 Å². The van der Waals surface area contributed by atoms with Crippen molar-refractivity contribution in [1.29, 1.82) is 0 Å². The van der Waals surface area contributed by atoms with Gasteiger partial charge in [0.1, 0.15) is 11.2 Å². The van der Waals surface area contributed by atoms with Crippen LogP contribution >= 0.6 is 22.7 Å². The van der Waals surface area contributed by atoms with E-state index in [4.69, 9.17) is 4.42 Å². The van der Waals surface area contributed by atoms with E-state index < -0.39 is 0 Å². The number of para-hydroxylation sites is 1. The Bertz CT molecular complexity index is 3660. The highest BCUT2D eigenvalue weighted by Gasteiger charge is 2.42. The molecule has 1 aliphatic rings. The van der Waals surface area contributed by atoms with Crippen LogP contribution in [-0.2, 0) is 16.2 Å². The molecule has 8 aromatic carbocycles. The van der Waals surface area contributed by atoms with Crippen molar-refractivity contribution in [2.24, 2.45) is 0 Å². The van der Waals surface area contributed by atoms with Crippen molar-refractivity contribution < 1.29 is 4.42 Å². The van der Waals surface area contributed by atoms with Crippen molar-refractivity contribution >= 4 is 102 Å². The van der Waals surface area contributed by atoms with Gasteiger partial charge in [-0.05, 0) is 140 Å². The van der Waals surface area contributed by atoms with Gasteiger partial charge in [-0.3, -0.25) is 0 Å². The maximum absolute atomic E-state index is 6.48. The number of thiophene rings is 2. The Hall–Kier alpha value is -6.20. The van der Waals surface area contributed by atoms with E-state index in [0.29, 0.717) is 0 Å². The van der Waals surface area contributed by atoms with Crippen LogP contribution in [0.5, 0.6) is 0 Å². The van der Waals surface area contributed by atoms with Crippen LogP contribution in [0.1, 0.15) is 71.6 Å². The zero-order chi connectivity index (χ0) is 43.0. The van der Waals surface area contributed by atoms with Gasteiger partial charge in [0.25, 0.3) is 0 Å². The van der Waals surface area contributed by atoms with Gasteiger partial charge in [0.2, 0.25) is 0 Å². The molecule has 1 aliphatic carbocycles. The number of furan rings is 1. The SMILES string of the molecule is CC(C)(C)c1ccc2sc3cc(N(c4cccc(-c5cccc(-c6cccc7sc8cc9c(cc8c67)C(C)(C)CC9(C)C)c5)c4)c4cccc5oc6ccccc6c45)ccc3c2c1. The molecule has 63 heavy (non-hydrogen) atoms. The number of fused-ring (bicyclic) bond motifs is 10. The summed E-state index contributed by atoms with van der Waals surface area (Å²) in [4.78, 5) is 2.43. The monoisotopic (exact) mass is 851 g/mol. The Morgan fingerprint density at radius 2 is 1.16 bits per heavy atom. The van der Waals surface area contributed by atoms with Crippen LogP contribution in [0.3, 0.4) is 0 Å². The molecule has 0 saturated heterocycles. The maximum atomic E-state index is 6.48. The summed E-state index contributed by atoms with van der Waals surface area (Å²) in [5.41, 5.74) is 14.7. The normalized spacial score (nSPS) is 14.8. The summed E-state index contributed by atoms with van der Waals surface area (Å²) in [5, 5.41) is 7.59. The highest BCUT2D eigenvalue weighted by atomic mass is 32.1.